The summed E-state index contributed by atoms with van der Waals surface area (Å²) in [4.78, 5) is 36.7. The Labute approximate surface area is 161 Å². The number of ether oxygens (including phenoxy) is 2. The van der Waals surface area contributed by atoms with Gasteiger partial charge in [0.05, 0.1) is 18.8 Å². The van der Waals surface area contributed by atoms with E-state index >= 15 is 0 Å². The summed E-state index contributed by atoms with van der Waals surface area (Å²) in [5, 5.41) is 2.76. The molecule has 0 bridgehead atoms. The predicted molar refractivity (Wildman–Crippen MR) is 102 cm³/mol. The number of rotatable bonds is 7. The van der Waals surface area contributed by atoms with Gasteiger partial charge in [-0.2, -0.15) is 0 Å². The minimum atomic E-state index is -0.462. The van der Waals surface area contributed by atoms with Crippen LogP contribution in [0.4, 0.5) is 5.69 Å². The molecule has 0 spiro atoms. The third-order valence-electron chi connectivity index (χ3n) is 4.27. The topological polar surface area (TPSA) is 81.7 Å². The molecule has 0 radical (unpaired) electrons. The number of benzene rings is 2. The molecule has 7 heteroatoms. The Morgan fingerprint density at radius 1 is 1.15 bits per heavy atom. The summed E-state index contributed by atoms with van der Waals surface area (Å²) in [6, 6.07) is 12.3. The van der Waals surface area contributed by atoms with Crippen LogP contribution in [0.25, 0.3) is 0 Å². The first-order chi connectivity index (χ1) is 13.0. The fourth-order valence-electron chi connectivity index (χ4n) is 2.68. The number of hydrogen-bond acceptors (Lipinski definition) is 6. The Bertz CT molecular complexity index is 878. The number of fused-ring (bicyclic) bond motifs is 1. The Morgan fingerprint density at radius 3 is 2.59 bits per heavy atom. The van der Waals surface area contributed by atoms with Crippen molar-refractivity contribution < 1.29 is 23.9 Å². The second kappa shape index (κ2) is 8.26. The second-order valence-electron chi connectivity index (χ2n) is 6.06. The van der Waals surface area contributed by atoms with Crippen molar-refractivity contribution >= 4 is 35.1 Å². The molecular weight excluding hydrogens is 366 g/mol. The van der Waals surface area contributed by atoms with Gasteiger partial charge in [0, 0.05) is 16.1 Å². The first-order valence-electron chi connectivity index (χ1n) is 8.38. The minimum Gasteiger partial charge on any atom is -0.497 e. The predicted octanol–water partition coefficient (Wildman–Crippen LogP) is 3.27. The maximum Gasteiger partial charge on any atom is 0.316 e. The highest BCUT2D eigenvalue weighted by Crippen LogP contribution is 2.32. The summed E-state index contributed by atoms with van der Waals surface area (Å²) in [6.07, 6.45) is 0. The van der Waals surface area contributed by atoms with Gasteiger partial charge >= 0.3 is 5.97 Å². The van der Waals surface area contributed by atoms with Gasteiger partial charge in [-0.3, -0.25) is 14.4 Å². The van der Waals surface area contributed by atoms with E-state index < -0.39 is 5.97 Å². The SMILES string of the molecule is COc1ccc(SCC(=O)OCC(=O)c2ccc3c(c2)[C@@H](C)C(=O)N3)cc1. The zero-order valence-electron chi connectivity index (χ0n) is 15.0. The summed E-state index contributed by atoms with van der Waals surface area (Å²) in [5.74, 6) is -0.289. The second-order valence-corrected chi connectivity index (χ2v) is 7.11. The molecular formula is C20H19NO5S. The van der Waals surface area contributed by atoms with Gasteiger partial charge in [-0.25, -0.2) is 0 Å². The van der Waals surface area contributed by atoms with Crippen LogP contribution in [0, 0.1) is 0 Å². The Hall–Kier alpha value is -2.80. The number of esters is 1. The van der Waals surface area contributed by atoms with E-state index in [0.29, 0.717) is 5.56 Å². The van der Waals surface area contributed by atoms with E-state index in [1.54, 1.807) is 32.2 Å². The van der Waals surface area contributed by atoms with E-state index in [1.807, 2.05) is 24.3 Å². The first kappa shape index (κ1) is 19.0. The van der Waals surface area contributed by atoms with Crippen molar-refractivity contribution in [3.8, 4) is 5.75 Å². The van der Waals surface area contributed by atoms with E-state index in [1.165, 1.54) is 11.8 Å². The zero-order chi connectivity index (χ0) is 19.4. The first-order valence-corrected chi connectivity index (χ1v) is 9.37. The van der Waals surface area contributed by atoms with Crippen LogP contribution in [0.15, 0.2) is 47.4 Å². The van der Waals surface area contributed by atoms with E-state index in [9.17, 15) is 14.4 Å². The normalized spacial score (nSPS) is 15.0. The molecule has 2 aromatic carbocycles. The number of nitrogens with one attached hydrogen (secondary N) is 1. The fourth-order valence-corrected chi connectivity index (χ4v) is 3.37. The smallest absolute Gasteiger partial charge is 0.316 e. The van der Waals surface area contributed by atoms with Crippen molar-refractivity contribution in [2.45, 2.75) is 17.7 Å². The van der Waals surface area contributed by atoms with Crippen LogP contribution < -0.4 is 10.1 Å². The largest absolute Gasteiger partial charge is 0.497 e. The van der Waals surface area contributed by atoms with E-state index in [-0.39, 0.29) is 30.0 Å². The highest BCUT2D eigenvalue weighted by atomic mass is 32.2. The lowest BCUT2D eigenvalue weighted by Gasteiger charge is -2.07. The Balaban J connectivity index is 1.50. The van der Waals surface area contributed by atoms with E-state index in [4.69, 9.17) is 9.47 Å². The van der Waals surface area contributed by atoms with Crippen molar-refractivity contribution in [1.29, 1.82) is 0 Å². The molecule has 27 heavy (non-hydrogen) atoms. The van der Waals surface area contributed by atoms with Crippen LogP contribution in [0.5, 0.6) is 5.75 Å². The summed E-state index contributed by atoms with van der Waals surface area (Å²) in [6.45, 7) is 1.46. The van der Waals surface area contributed by atoms with Gasteiger partial charge in [-0.15, -0.1) is 11.8 Å². The molecule has 1 aliphatic rings. The van der Waals surface area contributed by atoms with Crippen molar-refractivity contribution in [2.75, 3.05) is 24.8 Å². The molecule has 0 saturated carbocycles. The molecule has 3 rings (SSSR count). The van der Waals surface area contributed by atoms with Crippen LogP contribution in [-0.2, 0) is 14.3 Å². The summed E-state index contributed by atoms with van der Waals surface area (Å²) >= 11 is 1.32. The van der Waals surface area contributed by atoms with Crippen molar-refractivity contribution in [1.82, 2.24) is 0 Å². The van der Waals surface area contributed by atoms with Crippen molar-refractivity contribution in [2.24, 2.45) is 0 Å². The number of hydrogen-bond donors (Lipinski definition) is 1. The van der Waals surface area contributed by atoms with Crippen LogP contribution in [0.3, 0.4) is 0 Å². The van der Waals surface area contributed by atoms with Crippen molar-refractivity contribution in [3.05, 3.63) is 53.6 Å². The highest BCUT2D eigenvalue weighted by Gasteiger charge is 2.27. The number of Topliss-reactive ketones (excluding diaryl/α,β-unsaturated/α-hetero) is 1. The average molecular weight is 385 g/mol. The lowest BCUT2D eigenvalue weighted by Crippen LogP contribution is -2.15. The summed E-state index contributed by atoms with van der Waals surface area (Å²) in [7, 11) is 1.59. The number of anilines is 1. The lowest BCUT2D eigenvalue weighted by atomic mass is 9.99. The Kier molecular flexibility index (Phi) is 5.81. The molecule has 0 unspecified atom stereocenters. The van der Waals surface area contributed by atoms with Crippen LogP contribution in [-0.4, -0.2) is 37.1 Å². The third kappa shape index (κ3) is 4.49. The van der Waals surface area contributed by atoms with Gasteiger partial charge < -0.3 is 14.8 Å². The molecule has 1 N–H and O–H groups in total. The van der Waals surface area contributed by atoms with Crippen LogP contribution >= 0.6 is 11.8 Å². The molecule has 1 atom stereocenters. The third-order valence-corrected chi connectivity index (χ3v) is 5.26. The van der Waals surface area contributed by atoms with Gasteiger partial charge in [-0.1, -0.05) is 0 Å². The molecule has 1 heterocycles. The highest BCUT2D eigenvalue weighted by molar-refractivity contribution is 8.00. The minimum absolute atomic E-state index is 0.0865. The monoisotopic (exact) mass is 385 g/mol. The molecule has 0 aromatic heterocycles. The number of methoxy groups -OCH3 is 1. The average Bonchev–Trinajstić information content (AvgIpc) is 2.98. The maximum absolute atomic E-state index is 12.3. The standard InChI is InChI=1S/C20H19NO5S/c1-12-16-9-13(3-8-17(16)21-20(12)24)18(22)10-26-19(23)11-27-15-6-4-14(25-2)5-7-15/h3-9,12H,10-11H2,1-2H3,(H,21,24)/t12-/m1/s1. The summed E-state index contributed by atoms with van der Waals surface area (Å²) < 4.78 is 10.2. The maximum atomic E-state index is 12.3. The molecule has 140 valence electrons. The Morgan fingerprint density at radius 2 is 1.89 bits per heavy atom. The van der Waals surface area contributed by atoms with Crippen LogP contribution in [0.1, 0.15) is 28.8 Å². The number of thioether (sulfide) groups is 1. The number of carbonyl (C=O) groups excluding carboxylic acids is 3. The van der Waals surface area contributed by atoms with Gasteiger partial charge in [0.25, 0.3) is 0 Å². The van der Waals surface area contributed by atoms with E-state index in [2.05, 4.69) is 5.32 Å². The van der Waals surface area contributed by atoms with Gasteiger partial charge in [-0.05, 0) is 55.0 Å². The van der Waals surface area contributed by atoms with Gasteiger partial charge in [0.2, 0.25) is 5.91 Å². The van der Waals surface area contributed by atoms with E-state index in [0.717, 1.165) is 21.9 Å². The molecule has 1 aliphatic heterocycles. The number of carbonyl (C=O) groups is 3. The molecule has 6 nitrogen and oxygen atoms in total. The number of ketones is 1. The summed E-state index contributed by atoms with van der Waals surface area (Å²) in [5.41, 5.74) is 1.93. The van der Waals surface area contributed by atoms with Crippen molar-refractivity contribution in [3.63, 3.8) is 0 Å². The molecule has 0 saturated heterocycles. The van der Waals surface area contributed by atoms with Crippen LogP contribution in [0.2, 0.25) is 0 Å². The van der Waals surface area contributed by atoms with Gasteiger partial charge in [0.1, 0.15) is 5.75 Å². The van der Waals surface area contributed by atoms with Gasteiger partial charge in [0.15, 0.2) is 12.4 Å². The molecule has 0 fully saturated rings. The molecule has 0 aliphatic carbocycles. The number of amides is 1. The quantitative estimate of drug-likeness (QED) is 0.448. The lowest BCUT2D eigenvalue weighted by molar-refractivity contribution is -0.139. The molecule has 1 amide bonds. The fraction of sp³-hybridized carbons (Fsp3) is 0.250. The zero-order valence-corrected chi connectivity index (χ0v) is 15.8. The molecule has 2 aromatic rings.